The highest BCUT2D eigenvalue weighted by Crippen LogP contribution is 2.16. The van der Waals surface area contributed by atoms with Crippen molar-refractivity contribution in [2.24, 2.45) is 5.92 Å². The number of hydrogen-bond acceptors (Lipinski definition) is 2. The lowest BCUT2D eigenvalue weighted by Gasteiger charge is -2.22. The highest BCUT2D eigenvalue weighted by Gasteiger charge is 2.16. The largest absolute Gasteiger partial charge is 0.352 e. The van der Waals surface area contributed by atoms with Crippen LogP contribution in [0.3, 0.4) is 0 Å². The standard InChI is InChI=1S/C14H19ClN2O/c15-13-6-2-1-5-12(13)10-17-14(18)8-11-4-3-7-16-9-11/h1-2,5-6,11,16H,3-4,7-10H2,(H,17,18). The van der Waals surface area contributed by atoms with Crippen LogP contribution in [0.25, 0.3) is 0 Å². The van der Waals surface area contributed by atoms with Crippen LogP contribution < -0.4 is 10.6 Å². The normalized spacial score (nSPS) is 19.5. The van der Waals surface area contributed by atoms with Gasteiger partial charge in [0.1, 0.15) is 0 Å². The number of piperidine rings is 1. The van der Waals surface area contributed by atoms with E-state index in [-0.39, 0.29) is 5.91 Å². The van der Waals surface area contributed by atoms with Crippen molar-refractivity contribution < 1.29 is 4.79 Å². The molecule has 0 aliphatic carbocycles. The zero-order chi connectivity index (χ0) is 12.8. The number of hydrogen-bond donors (Lipinski definition) is 2. The molecule has 3 nitrogen and oxygen atoms in total. The number of amides is 1. The van der Waals surface area contributed by atoms with Crippen molar-refractivity contribution in [3.8, 4) is 0 Å². The predicted octanol–water partition coefficient (Wildman–Crippen LogP) is 2.35. The third-order valence-corrected chi connectivity index (χ3v) is 3.68. The van der Waals surface area contributed by atoms with Crippen LogP contribution in [-0.4, -0.2) is 19.0 Å². The van der Waals surface area contributed by atoms with Gasteiger partial charge in [0.25, 0.3) is 0 Å². The third-order valence-electron chi connectivity index (χ3n) is 3.31. The van der Waals surface area contributed by atoms with Gasteiger partial charge in [0, 0.05) is 18.0 Å². The van der Waals surface area contributed by atoms with E-state index in [0.717, 1.165) is 25.1 Å². The fourth-order valence-corrected chi connectivity index (χ4v) is 2.47. The molecule has 0 bridgehead atoms. The van der Waals surface area contributed by atoms with E-state index in [4.69, 9.17) is 11.6 Å². The second-order valence-corrected chi connectivity index (χ2v) is 5.19. The summed E-state index contributed by atoms with van der Waals surface area (Å²) in [5, 5.41) is 6.96. The summed E-state index contributed by atoms with van der Waals surface area (Å²) in [5.41, 5.74) is 0.967. The van der Waals surface area contributed by atoms with Crippen LogP contribution in [0.1, 0.15) is 24.8 Å². The first-order valence-corrected chi connectivity index (χ1v) is 6.84. The molecule has 2 N–H and O–H groups in total. The smallest absolute Gasteiger partial charge is 0.220 e. The molecule has 1 saturated heterocycles. The summed E-state index contributed by atoms with van der Waals surface area (Å²) < 4.78 is 0. The third kappa shape index (κ3) is 4.00. The maximum atomic E-state index is 11.8. The first-order chi connectivity index (χ1) is 8.75. The van der Waals surface area contributed by atoms with Crippen LogP contribution in [0.5, 0.6) is 0 Å². The number of carbonyl (C=O) groups is 1. The molecule has 0 aromatic heterocycles. The van der Waals surface area contributed by atoms with E-state index in [1.165, 1.54) is 6.42 Å². The van der Waals surface area contributed by atoms with Crippen LogP contribution in [0, 0.1) is 5.92 Å². The fourth-order valence-electron chi connectivity index (χ4n) is 2.27. The number of halogens is 1. The monoisotopic (exact) mass is 266 g/mol. The van der Waals surface area contributed by atoms with E-state index in [1.807, 2.05) is 24.3 Å². The van der Waals surface area contributed by atoms with Crippen molar-refractivity contribution in [3.63, 3.8) is 0 Å². The molecule has 4 heteroatoms. The molecule has 2 rings (SSSR count). The van der Waals surface area contributed by atoms with Gasteiger partial charge in [0.15, 0.2) is 0 Å². The Morgan fingerprint density at radius 1 is 1.44 bits per heavy atom. The van der Waals surface area contributed by atoms with Gasteiger partial charge in [-0.2, -0.15) is 0 Å². The van der Waals surface area contributed by atoms with Crippen LogP contribution in [-0.2, 0) is 11.3 Å². The molecule has 0 saturated carbocycles. The molecular weight excluding hydrogens is 248 g/mol. The zero-order valence-corrected chi connectivity index (χ0v) is 11.2. The topological polar surface area (TPSA) is 41.1 Å². The van der Waals surface area contributed by atoms with Gasteiger partial charge in [-0.15, -0.1) is 0 Å². The van der Waals surface area contributed by atoms with Crippen molar-refractivity contribution in [1.82, 2.24) is 10.6 Å². The van der Waals surface area contributed by atoms with Crippen molar-refractivity contribution >= 4 is 17.5 Å². The highest BCUT2D eigenvalue weighted by molar-refractivity contribution is 6.31. The maximum Gasteiger partial charge on any atom is 0.220 e. The van der Waals surface area contributed by atoms with Gasteiger partial charge in [-0.1, -0.05) is 29.8 Å². The van der Waals surface area contributed by atoms with Gasteiger partial charge in [-0.3, -0.25) is 4.79 Å². The van der Waals surface area contributed by atoms with Crippen molar-refractivity contribution in [1.29, 1.82) is 0 Å². The van der Waals surface area contributed by atoms with Crippen LogP contribution in [0.2, 0.25) is 5.02 Å². The Bertz CT molecular complexity index is 403. The lowest BCUT2D eigenvalue weighted by Crippen LogP contribution is -2.34. The Morgan fingerprint density at radius 3 is 3.00 bits per heavy atom. The summed E-state index contributed by atoms with van der Waals surface area (Å²) in [6, 6.07) is 7.60. The Morgan fingerprint density at radius 2 is 2.28 bits per heavy atom. The van der Waals surface area contributed by atoms with E-state index < -0.39 is 0 Å². The molecule has 98 valence electrons. The van der Waals surface area contributed by atoms with E-state index in [1.54, 1.807) is 0 Å². The van der Waals surface area contributed by atoms with Crippen molar-refractivity contribution in [3.05, 3.63) is 34.9 Å². The molecule has 1 aromatic carbocycles. The predicted molar refractivity (Wildman–Crippen MR) is 73.5 cm³/mol. The first kappa shape index (κ1) is 13.4. The molecule has 1 aliphatic heterocycles. The SMILES string of the molecule is O=C(CC1CCCNC1)NCc1ccccc1Cl. The molecule has 0 radical (unpaired) electrons. The highest BCUT2D eigenvalue weighted by atomic mass is 35.5. The number of benzene rings is 1. The molecule has 18 heavy (non-hydrogen) atoms. The Labute approximate surface area is 113 Å². The average molecular weight is 267 g/mol. The van der Waals surface area contributed by atoms with E-state index in [9.17, 15) is 4.79 Å². The van der Waals surface area contributed by atoms with Gasteiger partial charge in [0.2, 0.25) is 5.91 Å². The van der Waals surface area contributed by atoms with Gasteiger partial charge in [-0.05, 0) is 43.5 Å². The molecule has 1 aromatic rings. The summed E-state index contributed by atoms with van der Waals surface area (Å²) in [6.07, 6.45) is 2.92. The Balaban J connectivity index is 1.76. The van der Waals surface area contributed by atoms with Crippen LogP contribution in [0.4, 0.5) is 0 Å². The fraction of sp³-hybridized carbons (Fsp3) is 0.500. The minimum atomic E-state index is 0.114. The molecule has 1 atom stereocenters. The zero-order valence-electron chi connectivity index (χ0n) is 10.4. The number of rotatable bonds is 4. The number of carbonyl (C=O) groups excluding carboxylic acids is 1. The second-order valence-electron chi connectivity index (χ2n) is 4.78. The Kier molecular flexibility index (Phi) is 5.02. The van der Waals surface area contributed by atoms with Gasteiger partial charge >= 0.3 is 0 Å². The van der Waals surface area contributed by atoms with E-state index in [0.29, 0.717) is 23.9 Å². The lowest BCUT2D eigenvalue weighted by molar-refractivity contribution is -0.122. The minimum Gasteiger partial charge on any atom is -0.352 e. The van der Waals surface area contributed by atoms with Crippen LogP contribution in [0.15, 0.2) is 24.3 Å². The summed E-state index contributed by atoms with van der Waals surface area (Å²) in [7, 11) is 0. The lowest BCUT2D eigenvalue weighted by atomic mass is 9.96. The minimum absolute atomic E-state index is 0.114. The molecule has 0 spiro atoms. The van der Waals surface area contributed by atoms with E-state index >= 15 is 0 Å². The van der Waals surface area contributed by atoms with Crippen molar-refractivity contribution in [2.45, 2.75) is 25.8 Å². The average Bonchev–Trinajstić information content (AvgIpc) is 2.39. The van der Waals surface area contributed by atoms with E-state index in [2.05, 4.69) is 10.6 Å². The maximum absolute atomic E-state index is 11.8. The quantitative estimate of drug-likeness (QED) is 0.878. The summed E-state index contributed by atoms with van der Waals surface area (Å²) in [5.74, 6) is 0.591. The summed E-state index contributed by atoms with van der Waals surface area (Å²) in [6.45, 7) is 2.55. The Hall–Kier alpha value is -1.06. The molecule has 1 heterocycles. The van der Waals surface area contributed by atoms with Gasteiger partial charge in [0.05, 0.1) is 0 Å². The van der Waals surface area contributed by atoms with Crippen molar-refractivity contribution in [2.75, 3.05) is 13.1 Å². The summed E-state index contributed by atoms with van der Waals surface area (Å²) >= 11 is 6.04. The molecule has 1 unspecified atom stereocenters. The summed E-state index contributed by atoms with van der Waals surface area (Å²) in [4.78, 5) is 11.8. The molecular formula is C14H19ClN2O. The molecule has 1 aliphatic rings. The molecule has 1 amide bonds. The second kappa shape index (κ2) is 6.76. The molecule has 1 fully saturated rings. The van der Waals surface area contributed by atoms with Gasteiger partial charge in [-0.25, -0.2) is 0 Å². The number of nitrogens with one attached hydrogen (secondary N) is 2. The van der Waals surface area contributed by atoms with Crippen LogP contribution >= 0.6 is 11.6 Å². The van der Waals surface area contributed by atoms with Gasteiger partial charge < -0.3 is 10.6 Å². The first-order valence-electron chi connectivity index (χ1n) is 6.46.